The molecule has 1 aromatic carbocycles. The van der Waals surface area contributed by atoms with Crippen LogP contribution in [-0.2, 0) is 13.0 Å². The summed E-state index contributed by atoms with van der Waals surface area (Å²) in [6.07, 6.45) is 12.7. The quantitative estimate of drug-likeness (QED) is 0.596. The van der Waals surface area contributed by atoms with Crippen LogP contribution in [0, 0.1) is 17.3 Å². The maximum absolute atomic E-state index is 9.86. The number of aromatic nitrogens is 2. The highest BCUT2D eigenvalue weighted by Gasteiger charge is 2.53. The van der Waals surface area contributed by atoms with Gasteiger partial charge in [0.05, 0.1) is 12.4 Å². The Morgan fingerprint density at radius 3 is 3.00 bits per heavy atom. The fourth-order valence-electron chi connectivity index (χ4n) is 6.31. The molecule has 3 aliphatic rings. The highest BCUT2D eigenvalue weighted by Crippen LogP contribution is 2.60. The predicted octanol–water partition coefficient (Wildman–Crippen LogP) is 4.94. The van der Waals surface area contributed by atoms with Crippen molar-refractivity contribution in [3.05, 3.63) is 47.3 Å². The summed E-state index contributed by atoms with van der Waals surface area (Å²) in [5, 5.41) is 23.3. The van der Waals surface area contributed by atoms with E-state index in [-0.39, 0.29) is 5.41 Å². The lowest BCUT2D eigenvalue weighted by Gasteiger charge is -2.49. The summed E-state index contributed by atoms with van der Waals surface area (Å²) in [6, 6.07) is 6.02. The lowest BCUT2D eigenvalue weighted by molar-refractivity contribution is 0.0955. The van der Waals surface area contributed by atoms with E-state index in [1.165, 1.54) is 42.5 Å². The van der Waals surface area contributed by atoms with Gasteiger partial charge in [0.2, 0.25) is 0 Å². The van der Waals surface area contributed by atoms with Gasteiger partial charge in [-0.05, 0) is 86.5 Å². The smallest absolute Gasteiger partial charge is 0.115 e. The van der Waals surface area contributed by atoms with E-state index in [2.05, 4.69) is 30.1 Å². The third-order valence-corrected chi connectivity index (χ3v) is 7.81. The van der Waals surface area contributed by atoms with Crippen LogP contribution in [0.2, 0.25) is 0 Å². The molecule has 29 heavy (non-hydrogen) atoms. The van der Waals surface area contributed by atoms with Crippen molar-refractivity contribution in [2.75, 3.05) is 0 Å². The number of hydrogen-bond acceptors (Lipinski definition) is 4. The largest absolute Gasteiger partial charge is 0.508 e. The number of rotatable bonds is 3. The highest BCUT2D eigenvalue weighted by molar-refractivity contribution is 5.93. The molecule has 5 heteroatoms. The number of phenolic OH excluding ortho intramolecular Hbond substituents is 1. The van der Waals surface area contributed by atoms with E-state index < -0.39 is 0 Å². The zero-order valence-electron chi connectivity index (χ0n) is 17.4. The molecule has 0 amide bonds. The minimum absolute atomic E-state index is 0.181. The van der Waals surface area contributed by atoms with Crippen molar-refractivity contribution >= 4 is 11.9 Å². The number of aromatic hydroxyl groups is 1. The number of nitrogens with zero attached hydrogens (tertiary/aromatic N) is 4. The second-order valence-electron chi connectivity index (χ2n) is 9.21. The summed E-state index contributed by atoms with van der Waals surface area (Å²) >= 11 is 0. The molecule has 2 fully saturated rings. The van der Waals surface area contributed by atoms with Crippen molar-refractivity contribution in [2.45, 2.75) is 64.8 Å². The van der Waals surface area contributed by atoms with Crippen LogP contribution < -0.4 is 0 Å². The van der Waals surface area contributed by atoms with Crippen LogP contribution in [0.25, 0.3) is 0 Å². The molecule has 1 N–H and O–H groups in total. The lowest BCUT2D eigenvalue weighted by Crippen LogP contribution is -2.42. The minimum Gasteiger partial charge on any atom is -0.508 e. The van der Waals surface area contributed by atoms with Crippen LogP contribution >= 0.6 is 0 Å². The van der Waals surface area contributed by atoms with E-state index >= 15 is 0 Å². The van der Waals surface area contributed by atoms with Gasteiger partial charge < -0.3 is 5.11 Å². The predicted molar refractivity (Wildman–Crippen MR) is 116 cm³/mol. The molecule has 1 aromatic heterocycles. The molecule has 4 atom stereocenters. The lowest BCUT2D eigenvalue weighted by atomic mass is 9.55. The molecule has 5 nitrogen and oxygen atoms in total. The molecule has 0 saturated heterocycles. The molecule has 2 saturated carbocycles. The molecule has 152 valence electrons. The number of phenols is 1. The second kappa shape index (κ2) is 7.12. The molecule has 0 bridgehead atoms. The minimum atomic E-state index is 0.181. The Morgan fingerprint density at radius 2 is 2.17 bits per heavy atom. The molecular formula is C24H30N4O. The molecule has 2 aromatic rings. The SMILES string of the molecule is CCn1cc(/C=N/N=C2\CCC3C4CCc5cc(O)ccc5C4CCC23C)cn1. The van der Waals surface area contributed by atoms with Crippen molar-refractivity contribution in [1.82, 2.24) is 9.78 Å². The fraction of sp³-hybridized carbons (Fsp3) is 0.542. The number of aryl methyl sites for hydroxylation is 2. The zero-order valence-corrected chi connectivity index (χ0v) is 17.4. The maximum atomic E-state index is 9.86. The second-order valence-corrected chi connectivity index (χ2v) is 9.21. The van der Waals surface area contributed by atoms with Gasteiger partial charge in [-0.25, -0.2) is 0 Å². The van der Waals surface area contributed by atoms with Crippen molar-refractivity contribution < 1.29 is 5.11 Å². The molecule has 0 spiro atoms. The normalized spacial score (nSPS) is 32.3. The Bertz CT molecular complexity index is 975. The van der Waals surface area contributed by atoms with Crippen LogP contribution in [0.4, 0.5) is 0 Å². The highest BCUT2D eigenvalue weighted by atomic mass is 16.3. The van der Waals surface area contributed by atoms with Crippen LogP contribution in [-0.4, -0.2) is 26.8 Å². The van der Waals surface area contributed by atoms with Gasteiger partial charge in [-0.1, -0.05) is 13.0 Å². The van der Waals surface area contributed by atoms with Crippen LogP contribution in [0.3, 0.4) is 0 Å². The molecule has 3 aliphatic carbocycles. The molecular weight excluding hydrogens is 360 g/mol. The summed E-state index contributed by atoms with van der Waals surface area (Å²) < 4.78 is 1.91. The molecule has 1 heterocycles. The standard InChI is InChI=1S/C24H30N4O/c1-3-28-15-16(14-26-28)13-25-27-23-9-8-22-21-6-4-17-12-18(29)5-7-19(17)20(21)10-11-24(22,23)2/h5,7,12-15,20-22,29H,3-4,6,8-11H2,1-2H3/b25-13+,27-23+. The average molecular weight is 391 g/mol. The van der Waals surface area contributed by atoms with Crippen molar-refractivity contribution in [2.24, 2.45) is 27.5 Å². The van der Waals surface area contributed by atoms with Crippen LogP contribution in [0.15, 0.2) is 40.8 Å². The van der Waals surface area contributed by atoms with Crippen LogP contribution in [0.1, 0.15) is 68.6 Å². The van der Waals surface area contributed by atoms with E-state index in [0.717, 1.165) is 30.9 Å². The van der Waals surface area contributed by atoms with Gasteiger partial charge >= 0.3 is 0 Å². The topological polar surface area (TPSA) is 62.8 Å². The zero-order chi connectivity index (χ0) is 20.0. The Morgan fingerprint density at radius 1 is 1.28 bits per heavy atom. The first-order chi connectivity index (χ1) is 14.1. The summed E-state index contributed by atoms with van der Waals surface area (Å²) in [5.41, 5.74) is 5.32. The first-order valence-corrected chi connectivity index (χ1v) is 11.0. The first kappa shape index (κ1) is 18.6. The van der Waals surface area contributed by atoms with Gasteiger partial charge in [0.1, 0.15) is 5.75 Å². The summed E-state index contributed by atoms with van der Waals surface area (Å²) in [5.74, 6) is 2.46. The van der Waals surface area contributed by atoms with Crippen molar-refractivity contribution in [3.8, 4) is 5.75 Å². The molecule has 4 unspecified atom stereocenters. The van der Waals surface area contributed by atoms with E-state index in [1.54, 1.807) is 0 Å². The number of fused-ring (bicyclic) bond motifs is 5. The number of hydrogen-bond donors (Lipinski definition) is 1. The summed E-state index contributed by atoms with van der Waals surface area (Å²) in [4.78, 5) is 0. The van der Waals surface area contributed by atoms with Gasteiger partial charge in [-0.15, -0.1) is 0 Å². The van der Waals surface area contributed by atoms with Gasteiger partial charge in [0.25, 0.3) is 0 Å². The Balaban J connectivity index is 1.37. The van der Waals surface area contributed by atoms with Crippen molar-refractivity contribution in [1.29, 1.82) is 0 Å². The van der Waals surface area contributed by atoms with Gasteiger partial charge in [-0.2, -0.15) is 15.3 Å². The maximum Gasteiger partial charge on any atom is 0.115 e. The van der Waals surface area contributed by atoms with E-state index in [9.17, 15) is 5.11 Å². The van der Waals surface area contributed by atoms with Crippen LogP contribution in [0.5, 0.6) is 5.75 Å². The Labute approximate surface area is 172 Å². The molecule has 5 rings (SSSR count). The van der Waals surface area contributed by atoms with Gasteiger partial charge in [-0.3, -0.25) is 4.68 Å². The van der Waals surface area contributed by atoms with E-state index in [1.807, 2.05) is 35.4 Å². The van der Waals surface area contributed by atoms with E-state index in [0.29, 0.717) is 17.6 Å². The van der Waals surface area contributed by atoms with Gasteiger partial charge in [0.15, 0.2) is 0 Å². The van der Waals surface area contributed by atoms with E-state index in [4.69, 9.17) is 5.10 Å². The number of benzene rings is 1. The first-order valence-electron chi connectivity index (χ1n) is 11.0. The summed E-state index contributed by atoms with van der Waals surface area (Å²) in [6.45, 7) is 5.38. The Hall–Kier alpha value is -2.43. The monoisotopic (exact) mass is 390 g/mol. The van der Waals surface area contributed by atoms with Gasteiger partial charge in [0, 0.05) is 29.4 Å². The average Bonchev–Trinajstić information content (AvgIpc) is 3.32. The molecule has 0 aliphatic heterocycles. The third-order valence-electron chi connectivity index (χ3n) is 7.81. The Kier molecular flexibility index (Phi) is 4.56. The van der Waals surface area contributed by atoms with Crippen molar-refractivity contribution in [3.63, 3.8) is 0 Å². The summed E-state index contributed by atoms with van der Waals surface area (Å²) in [7, 11) is 0. The third kappa shape index (κ3) is 3.11. The fourth-order valence-corrected chi connectivity index (χ4v) is 6.31. The molecule has 0 radical (unpaired) electrons.